The van der Waals surface area contributed by atoms with E-state index in [9.17, 15) is 13.2 Å². The maximum Gasteiger partial charge on any atom is 0.416 e. The van der Waals surface area contributed by atoms with Crippen LogP contribution in [0, 0.1) is 6.92 Å². The molecule has 0 spiro atoms. The summed E-state index contributed by atoms with van der Waals surface area (Å²) in [5.74, 6) is 0.598. The molecule has 0 aliphatic carbocycles. The fourth-order valence-electron chi connectivity index (χ4n) is 1.84. The van der Waals surface area contributed by atoms with Gasteiger partial charge in [0.25, 0.3) is 0 Å². The largest absolute Gasteiger partial charge is 0.497 e. The summed E-state index contributed by atoms with van der Waals surface area (Å²) in [7, 11) is 1.33. The Morgan fingerprint density at radius 1 is 1.24 bits per heavy atom. The number of hydrogen-bond acceptors (Lipinski definition) is 4. The van der Waals surface area contributed by atoms with Gasteiger partial charge in [-0.1, -0.05) is 6.07 Å². The van der Waals surface area contributed by atoms with Crippen molar-refractivity contribution in [2.24, 2.45) is 0 Å². The third kappa shape index (κ3) is 3.84. The first-order valence-electron chi connectivity index (χ1n) is 6.17. The molecule has 0 aliphatic heterocycles. The molecule has 2 rings (SSSR count). The first kappa shape index (κ1) is 15.1. The van der Waals surface area contributed by atoms with Gasteiger partial charge in [-0.05, 0) is 24.6 Å². The lowest BCUT2D eigenvalue weighted by atomic mass is 10.1. The zero-order chi connectivity index (χ0) is 15.5. The first-order chi connectivity index (χ1) is 9.90. The topological polar surface area (TPSA) is 47.0 Å². The van der Waals surface area contributed by atoms with E-state index in [0.717, 1.165) is 6.07 Å². The van der Waals surface area contributed by atoms with Crippen LogP contribution in [-0.4, -0.2) is 17.1 Å². The average molecular weight is 297 g/mol. The molecule has 1 aromatic heterocycles. The summed E-state index contributed by atoms with van der Waals surface area (Å²) in [6.07, 6.45) is -1.41. The second-order valence-corrected chi connectivity index (χ2v) is 4.42. The fraction of sp³-hybridized carbons (Fsp3) is 0.286. The maximum atomic E-state index is 13.0. The third-order valence-corrected chi connectivity index (χ3v) is 2.84. The molecule has 1 N–H and O–H groups in total. The third-order valence-electron chi connectivity index (χ3n) is 2.84. The van der Waals surface area contributed by atoms with Crippen LogP contribution in [0.2, 0.25) is 0 Å². The molecule has 7 heteroatoms. The molecule has 0 fully saturated rings. The van der Waals surface area contributed by atoms with Crippen LogP contribution in [0.4, 0.5) is 19.0 Å². The van der Waals surface area contributed by atoms with E-state index in [-0.39, 0.29) is 17.9 Å². The van der Waals surface area contributed by atoms with Crippen LogP contribution < -0.4 is 10.1 Å². The van der Waals surface area contributed by atoms with Gasteiger partial charge in [0.1, 0.15) is 11.6 Å². The van der Waals surface area contributed by atoms with Crippen molar-refractivity contribution in [3.05, 3.63) is 47.4 Å². The van der Waals surface area contributed by atoms with E-state index in [1.165, 1.54) is 25.4 Å². The van der Waals surface area contributed by atoms with Gasteiger partial charge in [-0.15, -0.1) is 0 Å². The SMILES string of the molecule is COc1ccc(CNc2cncc(C)n2)c(C(F)(F)F)c1. The highest BCUT2D eigenvalue weighted by molar-refractivity contribution is 5.41. The van der Waals surface area contributed by atoms with Crippen molar-refractivity contribution in [3.63, 3.8) is 0 Å². The van der Waals surface area contributed by atoms with Gasteiger partial charge < -0.3 is 10.1 Å². The lowest BCUT2D eigenvalue weighted by molar-refractivity contribution is -0.138. The lowest BCUT2D eigenvalue weighted by Crippen LogP contribution is -2.12. The number of aryl methyl sites for hydroxylation is 1. The Morgan fingerprint density at radius 3 is 2.62 bits per heavy atom. The summed E-state index contributed by atoms with van der Waals surface area (Å²) >= 11 is 0. The fourth-order valence-corrected chi connectivity index (χ4v) is 1.84. The van der Waals surface area contributed by atoms with E-state index in [2.05, 4.69) is 15.3 Å². The van der Waals surface area contributed by atoms with E-state index >= 15 is 0 Å². The van der Waals surface area contributed by atoms with Crippen molar-refractivity contribution >= 4 is 5.82 Å². The van der Waals surface area contributed by atoms with Crippen molar-refractivity contribution in [2.75, 3.05) is 12.4 Å². The summed E-state index contributed by atoms with van der Waals surface area (Å²) in [6, 6.07) is 3.87. The van der Waals surface area contributed by atoms with Crippen LogP contribution in [-0.2, 0) is 12.7 Å². The smallest absolute Gasteiger partial charge is 0.416 e. The van der Waals surface area contributed by atoms with Crippen LogP contribution in [0.15, 0.2) is 30.6 Å². The average Bonchev–Trinajstić information content (AvgIpc) is 2.44. The Kier molecular flexibility index (Phi) is 4.30. The van der Waals surface area contributed by atoms with Gasteiger partial charge >= 0.3 is 6.18 Å². The van der Waals surface area contributed by atoms with Gasteiger partial charge in [0.05, 0.1) is 24.6 Å². The summed E-state index contributed by atoms with van der Waals surface area (Å²) in [6.45, 7) is 1.75. The standard InChI is InChI=1S/C14H14F3N3O/c1-9-6-18-8-13(20-9)19-7-10-3-4-11(21-2)5-12(10)14(15,16)17/h3-6,8H,7H2,1-2H3,(H,19,20). The summed E-state index contributed by atoms with van der Waals surface area (Å²) < 4.78 is 44.0. The van der Waals surface area contributed by atoms with E-state index in [1.54, 1.807) is 13.1 Å². The predicted octanol–water partition coefficient (Wildman–Crippen LogP) is 3.42. The highest BCUT2D eigenvalue weighted by atomic mass is 19.4. The second kappa shape index (κ2) is 5.99. The second-order valence-electron chi connectivity index (χ2n) is 4.42. The Balaban J connectivity index is 2.23. The van der Waals surface area contributed by atoms with Crippen LogP contribution in [0.3, 0.4) is 0 Å². The quantitative estimate of drug-likeness (QED) is 0.939. The molecule has 0 bridgehead atoms. The summed E-state index contributed by atoms with van der Waals surface area (Å²) in [5, 5.41) is 2.84. The van der Waals surface area contributed by atoms with Gasteiger partial charge in [-0.3, -0.25) is 4.98 Å². The molecule has 0 unspecified atom stereocenters. The Bertz CT molecular complexity index is 629. The number of halogens is 3. The lowest BCUT2D eigenvalue weighted by Gasteiger charge is -2.15. The molecule has 0 radical (unpaired) electrons. The van der Waals surface area contributed by atoms with Crippen molar-refractivity contribution in [1.29, 1.82) is 0 Å². The number of nitrogens with zero attached hydrogens (tertiary/aromatic N) is 2. The van der Waals surface area contributed by atoms with E-state index in [0.29, 0.717) is 11.5 Å². The Hall–Kier alpha value is -2.31. The van der Waals surface area contributed by atoms with Crippen LogP contribution in [0.25, 0.3) is 0 Å². The van der Waals surface area contributed by atoms with E-state index < -0.39 is 11.7 Å². The van der Waals surface area contributed by atoms with Gasteiger partial charge in [0, 0.05) is 12.7 Å². The van der Waals surface area contributed by atoms with Crippen LogP contribution in [0.1, 0.15) is 16.8 Å². The Morgan fingerprint density at radius 2 is 2.00 bits per heavy atom. The molecule has 0 saturated heterocycles. The minimum absolute atomic E-state index is 0.00301. The molecule has 21 heavy (non-hydrogen) atoms. The number of nitrogens with one attached hydrogen (secondary N) is 1. The van der Waals surface area contributed by atoms with E-state index in [4.69, 9.17) is 4.74 Å². The monoisotopic (exact) mass is 297 g/mol. The highest BCUT2D eigenvalue weighted by Crippen LogP contribution is 2.34. The molecular formula is C14H14F3N3O. The zero-order valence-corrected chi connectivity index (χ0v) is 11.5. The number of hydrogen-bond donors (Lipinski definition) is 1. The van der Waals surface area contributed by atoms with Crippen LogP contribution in [0.5, 0.6) is 5.75 Å². The summed E-state index contributed by atoms with van der Waals surface area (Å²) in [5.41, 5.74) is 0.0762. The molecule has 0 atom stereocenters. The number of aromatic nitrogens is 2. The molecule has 4 nitrogen and oxygen atoms in total. The number of ether oxygens (including phenoxy) is 1. The van der Waals surface area contributed by atoms with Gasteiger partial charge in [-0.25, -0.2) is 4.98 Å². The normalized spacial score (nSPS) is 11.3. The molecule has 2 aromatic rings. The van der Waals surface area contributed by atoms with Crippen molar-refractivity contribution in [1.82, 2.24) is 9.97 Å². The zero-order valence-electron chi connectivity index (χ0n) is 11.5. The molecule has 0 amide bonds. The minimum atomic E-state index is -4.44. The van der Waals surface area contributed by atoms with Gasteiger partial charge in [-0.2, -0.15) is 13.2 Å². The predicted molar refractivity (Wildman–Crippen MR) is 72.1 cm³/mol. The number of alkyl halides is 3. The molecule has 112 valence electrons. The van der Waals surface area contributed by atoms with Gasteiger partial charge in [0.2, 0.25) is 0 Å². The molecular weight excluding hydrogens is 283 g/mol. The molecule has 0 saturated carbocycles. The number of anilines is 1. The van der Waals surface area contributed by atoms with Crippen molar-refractivity contribution < 1.29 is 17.9 Å². The molecule has 0 aliphatic rings. The highest BCUT2D eigenvalue weighted by Gasteiger charge is 2.33. The molecule has 1 heterocycles. The number of rotatable bonds is 4. The van der Waals surface area contributed by atoms with Gasteiger partial charge in [0.15, 0.2) is 0 Å². The van der Waals surface area contributed by atoms with Crippen molar-refractivity contribution in [2.45, 2.75) is 19.6 Å². The summed E-state index contributed by atoms with van der Waals surface area (Å²) in [4.78, 5) is 8.06. The number of methoxy groups -OCH3 is 1. The van der Waals surface area contributed by atoms with E-state index in [1.807, 2.05) is 0 Å². The van der Waals surface area contributed by atoms with Crippen LogP contribution >= 0.6 is 0 Å². The Labute approximate surface area is 120 Å². The van der Waals surface area contributed by atoms with Crippen molar-refractivity contribution in [3.8, 4) is 5.75 Å². The number of benzene rings is 1. The molecule has 1 aromatic carbocycles. The first-order valence-corrected chi connectivity index (χ1v) is 6.17. The minimum Gasteiger partial charge on any atom is -0.497 e. The maximum absolute atomic E-state index is 13.0.